The van der Waals surface area contributed by atoms with Crippen LogP contribution in [-0.4, -0.2) is 42.6 Å². The number of carbonyl (C=O) groups excluding carboxylic acids is 1. The van der Waals surface area contributed by atoms with Gasteiger partial charge < -0.3 is 15.5 Å². The standard InChI is InChI=1S/C25H35N5O/c1-30(2)24-21-10-6-7-11-22(21)28-25(29-24)27-20-14-12-19(13-15-20)17-26-23(31)16-18-8-4-3-5-9-18/h3-5,8-9,19-20H,6-7,10-17H2,1-2H3,(H,26,31)(H,27,28,29). The molecule has 1 heterocycles. The summed E-state index contributed by atoms with van der Waals surface area (Å²) in [6.45, 7) is 0.776. The van der Waals surface area contributed by atoms with E-state index in [1.54, 1.807) is 0 Å². The van der Waals surface area contributed by atoms with Crippen molar-refractivity contribution in [1.29, 1.82) is 0 Å². The molecule has 6 heteroatoms. The van der Waals surface area contributed by atoms with E-state index in [1.165, 1.54) is 24.1 Å². The number of nitrogens with zero attached hydrogens (tertiary/aromatic N) is 3. The van der Waals surface area contributed by atoms with E-state index >= 15 is 0 Å². The van der Waals surface area contributed by atoms with Crippen LogP contribution in [-0.2, 0) is 24.1 Å². The molecule has 166 valence electrons. The lowest BCUT2D eigenvalue weighted by molar-refractivity contribution is -0.120. The number of carbonyl (C=O) groups is 1. The van der Waals surface area contributed by atoms with E-state index in [-0.39, 0.29) is 5.91 Å². The summed E-state index contributed by atoms with van der Waals surface area (Å²) in [5.74, 6) is 2.52. The van der Waals surface area contributed by atoms with E-state index in [0.29, 0.717) is 18.4 Å². The molecule has 0 saturated heterocycles. The van der Waals surface area contributed by atoms with Crippen LogP contribution in [0.25, 0.3) is 0 Å². The molecule has 1 aromatic carbocycles. The fraction of sp³-hybridized carbons (Fsp3) is 0.560. The minimum Gasteiger partial charge on any atom is -0.362 e. The van der Waals surface area contributed by atoms with E-state index in [4.69, 9.17) is 9.97 Å². The van der Waals surface area contributed by atoms with Gasteiger partial charge in [0.2, 0.25) is 11.9 Å². The van der Waals surface area contributed by atoms with E-state index in [2.05, 4.69) is 29.6 Å². The predicted molar refractivity (Wildman–Crippen MR) is 126 cm³/mol. The second kappa shape index (κ2) is 10.1. The minimum absolute atomic E-state index is 0.116. The Morgan fingerprint density at radius 1 is 1.03 bits per heavy atom. The molecule has 2 N–H and O–H groups in total. The lowest BCUT2D eigenvalue weighted by Crippen LogP contribution is -2.35. The second-order valence-electron chi connectivity index (χ2n) is 9.23. The van der Waals surface area contributed by atoms with Crippen molar-refractivity contribution >= 4 is 17.7 Å². The number of anilines is 2. The summed E-state index contributed by atoms with van der Waals surface area (Å²) in [5.41, 5.74) is 3.62. The second-order valence-corrected chi connectivity index (χ2v) is 9.23. The van der Waals surface area contributed by atoms with Crippen LogP contribution in [0.1, 0.15) is 55.3 Å². The first-order valence-electron chi connectivity index (χ1n) is 11.7. The van der Waals surface area contributed by atoms with Gasteiger partial charge in [0.15, 0.2) is 0 Å². The van der Waals surface area contributed by atoms with Crippen molar-refractivity contribution < 1.29 is 4.79 Å². The maximum atomic E-state index is 12.2. The number of nitrogens with one attached hydrogen (secondary N) is 2. The van der Waals surface area contributed by atoms with E-state index < -0.39 is 0 Å². The maximum Gasteiger partial charge on any atom is 0.225 e. The number of benzene rings is 1. The summed E-state index contributed by atoms with van der Waals surface area (Å²) in [5, 5.41) is 6.74. The smallest absolute Gasteiger partial charge is 0.225 e. The molecule has 0 aliphatic heterocycles. The van der Waals surface area contributed by atoms with E-state index in [0.717, 1.165) is 62.4 Å². The van der Waals surface area contributed by atoms with Gasteiger partial charge in [0.1, 0.15) is 5.82 Å². The quantitative estimate of drug-likeness (QED) is 0.713. The molecule has 31 heavy (non-hydrogen) atoms. The number of fused-ring (bicyclic) bond motifs is 1. The number of aryl methyl sites for hydroxylation is 1. The Hall–Kier alpha value is -2.63. The number of hydrogen-bond acceptors (Lipinski definition) is 5. The third kappa shape index (κ3) is 5.75. The van der Waals surface area contributed by atoms with Crippen LogP contribution in [0.5, 0.6) is 0 Å². The minimum atomic E-state index is 0.116. The van der Waals surface area contributed by atoms with Crippen molar-refractivity contribution in [2.75, 3.05) is 30.9 Å². The van der Waals surface area contributed by atoms with Crippen molar-refractivity contribution in [3.05, 3.63) is 47.2 Å². The normalized spacial score (nSPS) is 20.6. The first kappa shape index (κ1) is 21.6. The van der Waals surface area contributed by atoms with Gasteiger partial charge in [0, 0.05) is 32.2 Å². The average Bonchev–Trinajstić information content (AvgIpc) is 2.78. The van der Waals surface area contributed by atoms with Gasteiger partial charge in [-0.1, -0.05) is 30.3 Å². The van der Waals surface area contributed by atoms with Gasteiger partial charge in [-0.2, -0.15) is 4.98 Å². The molecule has 2 aliphatic carbocycles. The molecule has 0 unspecified atom stereocenters. The highest BCUT2D eigenvalue weighted by atomic mass is 16.1. The molecule has 1 saturated carbocycles. The summed E-state index contributed by atoms with van der Waals surface area (Å²) in [6.07, 6.45) is 9.49. The van der Waals surface area contributed by atoms with Crippen LogP contribution in [0.2, 0.25) is 0 Å². The molecule has 2 aromatic rings. The number of hydrogen-bond donors (Lipinski definition) is 2. The lowest BCUT2D eigenvalue weighted by Gasteiger charge is -2.30. The Bertz CT molecular complexity index is 875. The van der Waals surface area contributed by atoms with Crippen molar-refractivity contribution in [1.82, 2.24) is 15.3 Å². The molecular weight excluding hydrogens is 386 g/mol. The summed E-state index contributed by atoms with van der Waals surface area (Å²) >= 11 is 0. The molecular formula is C25H35N5O. The van der Waals surface area contributed by atoms with Gasteiger partial charge in [-0.15, -0.1) is 0 Å². The van der Waals surface area contributed by atoms with Crippen molar-refractivity contribution in [2.24, 2.45) is 5.92 Å². The molecule has 0 atom stereocenters. The molecule has 1 fully saturated rings. The van der Waals surface area contributed by atoms with Crippen molar-refractivity contribution in [3.8, 4) is 0 Å². The highest BCUT2D eigenvalue weighted by molar-refractivity contribution is 5.78. The van der Waals surface area contributed by atoms with Crippen LogP contribution in [0.4, 0.5) is 11.8 Å². The average molecular weight is 422 g/mol. The van der Waals surface area contributed by atoms with Gasteiger partial charge in [-0.3, -0.25) is 4.79 Å². The number of aromatic nitrogens is 2. The fourth-order valence-electron chi connectivity index (χ4n) is 4.80. The Balaban J connectivity index is 1.26. The molecule has 4 rings (SSSR count). The van der Waals surface area contributed by atoms with E-state index in [1.807, 2.05) is 30.3 Å². The Labute approximate surface area is 185 Å². The highest BCUT2D eigenvalue weighted by Crippen LogP contribution is 2.30. The van der Waals surface area contributed by atoms with Crippen LogP contribution < -0.4 is 15.5 Å². The summed E-state index contributed by atoms with van der Waals surface area (Å²) in [7, 11) is 4.14. The van der Waals surface area contributed by atoms with Crippen LogP contribution in [0.3, 0.4) is 0 Å². The van der Waals surface area contributed by atoms with Crippen molar-refractivity contribution in [2.45, 2.75) is 63.8 Å². The summed E-state index contributed by atoms with van der Waals surface area (Å²) < 4.78 is 0. The topological polar surface area (TPSA) is 70.2 Å². The van der Waals surface area contributed by atoms with Crippen LogP contribution in [0, 0.1) is 5.92 Å². The largest absolute Gasteiger partial charge is 0.362 e. The first-order chi connectivity index (χ1) is 15.1. The maximum absolute atomic E-state index is 12.2. The van der Waals surface area contributed by atoms with Crippen molar-refractivity contribution in [3.63, 3.8) is 0 Å². The molecule has 0 radical (unpaired) electrons. The zero-order chi connectivity index (χ0) is 21.6. The highest BCUT2D eigenvalue weighted by Gasteiger charge is 2.24. The molecule has 2 aliphatic rings. The third-order valence-corrected chi connectivity index (χ3v) is 6.56. The Morgan fingerprint density at radius 3 is 2.52 bits per heavy atom. The molecule has 0 spiro atoms. The number of amides is 1. The van der Waals surface area contributed by atoms with Gasteiger partial charge in [-0.05, 0) is 62.8 Å². The fourth-order valence-corrected chi connectivity index (χ4v) is 4.80. The van der Waals surface area contributed by atoms with Gasteiger partial charge in [-0.25, -0.2) is 4.98 Å². The van der Waals surface area contributed by atoms with Gasteiger partial charge in [0.25, 0.3) is 0 Å². The zero-order valence-corrected chi connectivity index (χ0v) is 18.9. The lowest BCUT2D eigenvalue weighted by atomic mass is 9.86. The predicted octanol–water partition coefficient (Wildman–Crippen LogP) is 3.75. The Kier molecular flexibility index (Phi) is 7.05. The van der Waals surface area contributed by atoms with Gasteiger partial charge >= 0.3 is 0 Å². The third-order valence-electron chi connectivity index (χ3n) is 6.56. The van der Waals surface area contributed by atoms with E-state index in [9.17, 15) is 4.79 Å². The molecule has 1 amide bonds. The molecule has 6 nitrogen and oxygen atoms in total. The number of rotatable bonds is 7. The molecule has 0 bridgehead atoms. The monoisotopic (exact) mass is 421 g/mol. The Morgan fingerprint density at radius 2 is 1.77 bits per heavy atom. The van der Waals surface area contributed by atoms with Crippen LogP contribution in [0.15, 0.2) is 30.3 Å². The first-order valence-corrected chi connectivity index (χ1v) is 11.7. The summed E-state index contributed by atoms with van der Waals surface area (Å²) in [6, 6.07) is 10.3. The summed E-state index contributed by atoms with van der Waals surface area (Å²) in [4.78, 5) is 24.0. The SMILES string of the molecule is CN(C)c1nc(NC2CCC(CNC(=O)Cc3ccccc3)CC2)nc2c1CCCC2. The zero-order valence-electron chi connectivity index (χ0n) is 18.9. The van der Waals surface area contributed by atoms with Gasteiger partial charge in [0.05, 0.1) is 12.1 Å². The van der Waals surface area contributed by atoms with Crippen LogP contribution >= 0.6 is 0 Å². The molecule has 1 aromatic heterocycles.